The maximum Gasteiger partial charge on any atom is 0.256 e. The molecule has 0 aliphatic heterocycles. The van der Waals surface area contributed by atoms with E-state index < -0.39 is 10.0 Å². The summed E-state index contributed by atoms with van der Waals surface area (Å²) in [5, 5.41) is 2.69. The SMILES string of the molecule is CC(C)NS(=O)(=O)c1ccc(C(=O)Nc2ccc(-c3ccccn3)cn2)cc1. The van der Waals surface area contributed by atoms with Crippen molar-refractivity contribution in [1.82, 2.24) is 14.7 Å². The van der Waals surface area contributed by atoms with Gasteiger partial charge in [0.05, 0.1) is 10.6 Å². The van der Waals surface area contributed by atoms with Gasteiger partial charge < -0.3 is 5.32 Å². The fourth-order valence-electron chi connectivity index (χ4n) is 2.51. The van der Waals surface area contributed by atoms with Crippen molar-refractivity contribution in [3.63, 3.8) is 0 Å². The summed E-state index contributed by atoms with van der Waals surface area (Å²) in [6.45, 7) is 3.48. The number of aromatic nitrogens is 2. The lowest BCUT2D eigenvalue weighted by molar-refractivity contribution is 0.102. The van der Waals surface area contributed by atoms with Gasteiger partial charge >= 0.3 is 0 Å². The molecule has 0 aliphatic carbocycles. The minimum absolute atomic E-state index is 0.107. The summed E-state index contributed by atoms with van der Waals surface area (Å²) in [5.41, 5.74) is 1.96. The van der Waals surface area contributed by atoms with Gasteiger partial charge in [-0.1, -0.05) is 6.07 Å². The Morgan fingerprint density at radius 1 is 0.964 bits per heavy atom. The summed E-state index contributed by atoms with van der Waals surface area (Å²) in [4.78, 5) is 21.0. The van der Waals surface area contributed by atoms with Crippen LogP contribution in [-0.4, -0.2) is 30.3 Å². The van der Waals surface area contributed by atoms with Crippen LogP contribution in [0.3, 0.4) is 0 Å². The van der Waals surface area contributed by atoms with Crippen LogP contribution in [0.2, 0.25) is 0 Å². The molecule has 8 heteroatoms. The van der Waals surface area contributed by atoms with E-state index >= 15 is 0 Å². The molecule has 3 rings (SSSR count). The van der Waals surface area contributed by atoms with Gasteiger partial charge in [-0.3, -0.25) is 9.78 Å². The maximum absolute atomic E-state index is 12.4. The summed E-state index contributed by atoms with van der Waals surface area (Å²) >= 11 is 0. The van der Waals surface area contributed by atoms with E-state index in [1.807, 2.05) is 24.3 Å². The summed E-state index contributed by atoms with van der Waals surface area (Å²) in [6, 6.07) is 14.6. The number of carbonyl (C=O) groups excluding carboxylic acids is 1. The molecule has 0 unspecified atom stereocenters. The van der Waals surface area contributed by atoms with E-state index in [4.69, 9.17) is 0 Å². The van der Waals surface area contributed by atoms with Crippen molar-refractivity contribution in [2.24, 2.45) is 0 Å². The normalized spacial score (nSPS) is 11.4. The number of carbonyl (C=O) groups is 1. The van der Waals surface area contributed by atoms with E-state index in [-0.39, 0.29) is 16.8 Å². The van der Waals surface area contributed by atoms with Crippen LogP contribution in [0, 0.1) is 0 Å². The van der Waals surface area contributed by atoms with E-state index in [0.717, 1.165) is 11.3 Å². The van der Waals surface area contributed by atoms with E-state index in [1.165, 1.54) is 24.3 Å². The van der Waals surface area contributed by atoms with Crippen molar-refractivity contribution < 1.29 is 13.2 Å². The number of anilines is 1. The van der Waals surface area contributed by atoms with Crippen LogP contribution >= 0.6 is 0 Å². The third-order valence-electron chi connectivity index (χ3n) is 3.78. The molecule has 0 atom stereocenters. The Morgan fingerprint density at radius 2 is 1.71 bits per heavy atom. The standard InChI is InChI=1S/C20H20N4O3S/c1-14(2)24-28(26,27)17-9-6-15(7-10-17)20(25)23-19-11-8-16(13-22-19)18-5-3-4-12-21-18/h3-14,24H,1-2H3,(H,22,23,25). The molecule has 28 heavy (non-hydrogen) atoms. The minimum Gasteiger partial charge on any atom is -0.307 e. The Morgan fingerprint density at radius 3 is 2.29 bits per heavy atom. The highest BCUT2D eigenvalue weighted by Crippen LogP contribution is 2.17. The first-order valence-corrected chi connectivity index (χ1v) is 10.1. The van der Waals surface area contributed by atoms with Gasteiger partial charge in [-0.15, -0.1) is 0 Å². The van der Waals surface area contributed by atoms with E-state index in [1.54, 1.807) is 32.3 Å². The Hall–Kier alpha value is -3.10. The van der Waals surface area contributed by atoms with Crippen LogP contribution in [0.4, 0.5) is 5.82 Å². The molecule has 3 aromatic rings. The summed E-state index contributed by atoms with van der Waals surface area (Å²) < 4.78 is 26.8. The molecule has 0 bridgehead atoms. The highest BCUT2D eigenvalue weighted by Gasteiger charge is 2.16. The molecule has 0 saturated carbocycles. The van der Waals surface area contributed by atoms with Crippen LogP contribution in [0.25, 0.3) is 11.3 Å². The second kappa shape index (κ2) is 8.28. The number of hydrogen-bond acceptors (Lipinski definition) is 5. The molecule has 1 amide bonds. The van der Waals surface area contributed by atoms with Crippen molar-refractivity contribution in [2.75, 3.05) is 5.32 Å². The molecule has 0 spiro atoms. The van der Waals surface area contributed by atoms with E-state index in [9.17, 15) is 13.2 Å². The Kier molecular flexibility index (Phi) is 5.81. The number of benzene rings is 1. The van der Waals surface area contributed by atoms with Gasteiger partial charge in [0, 0.05) is 29.6 Å². The lowest BCUT2D eigenvalue weighted by Crippen LogP contribution is -2.30. The van der Waals surface area contributed by atoms with Crippen molar-refractivity contribution in [2.45, 2.75) is 24.8 Å². The van der Waals surface area contributed by atoms with Gasteiger partial charge in [-0.2, -0.15) is 0 Å². The highest BCUT2D eigenvalue weighted by molar-refractivity contribution is 7.89. The second-order valence-corrected chi connectivity index (χ2v) is 8.12. The summed E-state index contributed by atoms with van der Waals surface area (Å²) in [6.07, 6.45) is 3.33. The quantitative estimate of drug-likeness (QED) is 0.667. The lowest BCUT2D eigenvalue weighted by atomic mass is 10.2. The molecule has 0 fully saturated rings. The van der Waals surface area contributed by atoms with Gasteiger partial charge in [0.15, 0.2) is 0 Å². The van der Waals surface area contributed by atoms with Crippen LogP contribution < -0.4 is 10.0 Å². The smallest absolute Gasteiger partial charge is 0.256 e. The average Bonchev–Trinajstić information content (AvgIpc) is 2.68. The van der Waals surface area contributed by atoms with Crippen molar-refractivity contribution in [3.05, 3.63) is 72.6 Å². The van der Waals surface area contributed by atoms with Crippen LogP contribution in [0.1, 0.15) is 24.2 Å². The molecular formula is C20H20N4O3S. The highest BCUT2D eigenvalue weighted by atomic mass is 32.2. The summed E-state index contributed by atoms with van der Waals surface area (Å²) in [7, 11) is -3.59. The molecule has 0 saturated heterocycles. The Balaban J connectivity index is 1.69. The molecule has 0 radical (unpaired) electrons. The minimum atomic E-state index is -3.59. The number of amides is 1. The van der Waals surface area contributed by atoms with Gasteiger partial charge in [0.25, 0.3) is 5.91 Å². The fraction of sp³-hybridized carbons (Fsp3) is 0.150. The number of nitrogens with zero attached hydrogens (tertiary/aromatic N) is 2. The molecule has 2 aromatic heterocycles. The number of hydrogen-bond donors (Lipinski definition) is 2. The molecule has 0 aliphatic rings. The molecule has 7 nitrogen and oxygen atoms in total. The second-order valence-electron chi connectivity index (χ2n) is 6.40. The Bertz CT molecular complexity index is 1050. The molecule has 2 N–H and O–H groups in total. The van der Waals surface area contributed by atoms with Crippen molar-refractivity contribution >= 4 is 21.7 Å². The van der Waals surface area contributed by atoms with Crippen molar-refractivity contribution in [1.29, 1.82) is 0 Å². The maximum atomic E-state index is 12.4. The van der Waals surface area contributed by atoms with Gasteiger partial charge in [0.2, 0.25) is 10.0 Å². The van der Waals surface area contributed by atoms with Crippen LogP contribution in [0.5, 0.6) is 0 Å². The van der Waals surface area contributed by atoms with E-state index in [0.29, 0.717) is 11.4 Å². The predicted molar refractivity (Wildman–Crippen MR) is 107 cm³/mol. The molecule has 1 aromatic carbocycles. The Labute approximate surface area is 163 Å². The zero-order chi connectivity index (χ0) is 20.1. The van der Waals surface area contributed by atoms with E-state index in [2.05, 4.69) is 20.0 Å². The first kappa shape index (κ1) is 19.7. The number of sulfonamides is 1. The topological polar surface area (TPSA) is 101 Å². The number of nitrogens with one attached hydrogen (secondary N) is 2. The predicted octanol–water partition coefficient (Wildman–Crippen LogP) is 3.08. The lowest BCUT2D eigenvalue weighted by Gasteiger charge is -2.10. The van der Waals surface area contributed by atoms with Gasteiger partial charge in [-0.25, -0.2) is 18.1 Å². The van der Waals surface area contributed by atoms with Crippen LogP contribution in [-0.2, 0) is 10.0 Å². The van der Waals surface area contributed by atoms with Crippen molar-refractivity contribution in [3.8, 4) is 11.3 Å². The van der Waals surface area contributed by atoms with Gasteiger partial charge in [0.1, 0.15) is 5.82 Å². The van der Waals surface area contributed by atoms with Gasteiger partial charge in [-0.05, 0) is 62.4 Å². The monoisotopic (exact) mass is 396 g/mol. The molecule has 2 heterocycles. The average molecular weight is 396 g/mol. The zero-order valence-electron chi connectivity index (χ0n) is 15.5. The third kappa shape index (κ3) is 4.79. The summed E-state index contributed by atoms with van der Waals surface area (Å²) in [5.74, 6) is 0.0155. The first-order valence-electron chi connectivity index (χ1n) is 8.66. The third-order valence-corrected chi connectivity index (χ3v) is 5.46. The molecular weight excluding hydrogens is 376 g/mol. The number of rotatable bonds is 6. The number of pyridine rings is 2. The largest absolute Gasteiger partial charge is 0.307 e. The zero-order valence-corrected chi connectivity index (χ0v) is 16.3. The molecule has 144 valence electrons. The first-order chi connectivity index (χ1) is 13.3. The van der Waals surface area contributed by atoms with Crippen LogP contribution in [0.15, 0.2) is 71.9 Å². The fourth-order valence-corrected chi connectivity index (χ4v) is 3.76.